The van der Waals surface area contributed by atoms with Crippen molar-refractivity contribution in [1.82, 2.24) is 10.6 Å². The predicted molar refractivity (Wildman–Crippen MR) is 70.7 cm³/mol. The largest absolute Gasteiger partial charge is 0.350 e. The van der Waals surface area contributed by atoms with Crippen LogP contribution >= 0.6 is 0 Å². The van der Waals surface area contributed by atoms with E-state index in [0.29, 0.717) is 5.56 Å². The van der Waals surface area contributed by atoms with Gasteiger partial charge in [0.2, 0.25) is 11.8 Å². The van der Waals surface area contributed by atoms with Crippen LogP contribution in [0.15, 0.2) is 36.4 Å². The lowest BCUT2D eigenvalue weighted by atomic mass is 10.2. The molecule has 0 saturated heterocycles. The Kier molecular flexibility index (Phi) is 5.73. The number of carbonyl (C=O) groups is 2. The molecule has 0 aromatic heterocycles. The van der Waals surface area contributed by atoms with Gasteiger partial charge in [-0.05, 0) is 26.0 Å². The Hall–Kier alpha value is -2.17. The van der Waals surface area contributed by atoms with E-state index < -0.39 is 6.04 Å². The standard InChI is InChI=1S/C14H17FN2O2/c1-3-6-13(18)17-10(2)14(19)16-9-11-7-4-5-8-12(11)15/h3-8,10H,9H2,1-2H3,(H,16,19)(H,17,18)/t10-/m0/s1. The summed E-state index contributed by atoms with van der Waals surface area (Å²) in [7, 11) is 0. The van der Waals surface area contributed by atoms with Crippen molar-refractivity contribution in [2.45, 2.75) is 26.4 Å². The highest BCUT2D eigenvalue weighted by Gasteiger charge is 2.14. The van der Waals surface area contributed by atoms with E-state index >= 15 is 0 Å². The van der Waals surface area contributed by atoms with Crippen molar-refractivity contribution in [1.29, 1.82) is 0 Å². The van der Waals surface area contributed by atoms with Gasteiger partial charge >= 0.3 is 0 Å². The Morgan fingerprint density at radius 3 is 2.68 bits per heavy atom. The van der Waals surface area contributed by atoms with Crippen LogP contribution in [0.1, 0.15) is 19.4 Å². The first-order valence-corrected chi connectivity index (χ1v) is 5.99. The van der Waals surface area contributed by atoms with Crippen LogP contribution in [0.25, 0.3) is 0 Å². The SMILES string of the molecule is CC=CC(=O)N[C@@H](C)C(=O)NCc1ccccc1F. The third-order valence-corrected chi connectivity index (χ3v) is 2.48. The summed E-state index contributed by atoms with van der Waals surface area (Å²) >= 11 is 0. The fourth-order valence-corrected chi connectivity index (χ4v) is 1.46. The molecule has 102 valence electrons. The molecular weight excluding hydrogens is 247 g/mol. The fourth-order valence-electron chi connectivity index (χ4n) is 1.46. The van der Waals surface area contributed by atoms with E-state index in [1.54, 1.807) is 38.1 Å². The number of halogens is 1. The molecule has 0 bridgehead atoms. The van der Waals surface area contributed by atoms with Crippen molar-refractivity contribution in [2.24, 2.45) is 0 Å². The van der Waals surface area contributed by atoms with Crippen LogP contribution < -0.4 is 10.6 Å². The summed E-state index contributed by atoms with van der Waals surface area (Å²) in [6.45, 7) is 3.37. The van der Waals surface area contributed by atoms with Crippen LogP contribution in [-0.4, -0.2) is 17.9 Å². The summed E-state index contributed by atoms with van der Waals surface area (Å²) in [4.78, 5) is 22.9. The monoisotopic (exact) mass is 264 g/mol. The Morgan fingerprint density at radius 2 is 2.05 bits per heavy atom. The minimum Gasteiger partial charge on any atom is -0.350 e. The molecule has 0 fully saturated rings. The topological polar surface area (TPSA) is 58.2 Å². The van der Waals surface area contributed by atoms with Crippen LogP contribution in [-0.2, 0) is 16.1 Å². The third kappa shape index (κ3) is 4.91. The molecule has 0 heterocycles. The summed E-state index contributed by atoms with van der Waals surface area (Å²) in [6.07, 6.45) is 2.92. The Morgan fingerprint density at radius 1 is 1.37 bits per heavy atom. The molecule has 2 amide bonds. The number of nitrogens with one attached hydrogen (secondary N) is 2. The van der Waals surface area contributed by atoms with Gasteiger partial charge in [0.25, 0.3) is 0 Å². The molecule has 0 aliphatic heterocycles. The van der Waals surface area contributed by atoms with Crippen molar-refractivity contribution in [2.75, 3.05) is 0 Å². The van der Waals surface area contributed by atoms with Crippen molar-refractivity contribution in [3.8, 4) is 0 Å². The second-order valence-electron chi connectivity index (χ2n) is 4.04. The minimum atomic E-state index is -0.671. The molecule has 1 aromatic rings. The van der Waals surface area contributed by atoms with Gasteiger partial charge in [-0.2, -0.15) is 0 Å². The molecular formula is C14H17FN2O2. The summed E-state index contributed by atoms with van der Waals surface area (Å²) in [5.41, 5.74) is 0.405. The van der Waals surface area contributed by atoms with E-state index in [-0.39, 0.29) is 24.2 Å². The smallest absolute Gasteiger partial charge is 0.244 e. The average molecular weight is 264 g/mol. The maximum absolute atomic E-state index is 13.3. The number of carbonyl (C=O) groups excluding carboxylic acids is 2. The van der Waals surface area contributed by atoms with Crippen LogP contribution in [0, 0.1) is 5.82 Å². The van der Waals surface area contributed by atoms with E-state index in [1.807, 2.05) is 0 Å². The lowest BCUT2D eigenvalue weighted by Gasteiger charge is -2.13. The fraction of sp³-hybridized carbons (Fsp3) is 0.286. The highest BCUT2D eigenvalue weighted by atomic mass is 19.1. The summed E-state index contributed by atoms with van der Waals surface area (Å²) in [5, 5.41) is 5.07. The van der Waals surface area contributed by atoms with E-state index in [2.05, 4.69) is 10.6 Å². The molecule has 0 spiro atoms. The highest BCUT2D eigenvalue weighted by Crippen LogP contribution is 2.05. The van der Waals surface area contributed by atoms with Gasteiger partial charge in [-0.1, -0.05) is 24.3 Å². The molecule has 0 unspecified atom stereocenters. The lowest BCUT2D eigenvalue weighted by Crippen LogP contribution is -2.44. The molecule has 1 aromatic carbocycles. The maximum Gasteiger partial charge on any atom is 0.244 e. The molecule has 2 N–H and O–H groups in total. The number of hydrogen-bond acceptors (Lipinski definition) is 2. The number of hydrogen-bond donors (Lipinski definition) is 2. The zero-order valence-electron chi connectivity index (χ0n) is 10.9. The Bertz CT molecular complexity index is 486. The highest BCUT2D eigenvalue weighted by molar-refractivity contribution is 5.92. The first kappa shape index (κ1) is 14.9. The quantitative estimate of drug-likeness (QED) is 0.792. The second kappa shape index (κ2) is 7.31. The molecule has 0 aliphatic carbocycles. The van der Waals surface area contributed by atoms with Crippen molar-refractivity contribution < 1.29 is 14.0 Å². The van der Waals surface area contributed by atoms with Gasteiger partial charge in [-0.15, -0.1) is 0 Å². The van der Waals surface area contributed by atoms with E-state index in [1.165, 1.54) is 12.1 Å². The van der Waals surface area contributed by atoms with Gasteiger partial charge in [-0.3, -0.25) is 9.59 Å². The molecule has 5 heteroatoms. The normalized spacial score (nSPS) is 12.2. The van der Waals surface area contributed by atoms with Gasteiger partial charge in [0, 0.05) is 12.1 Å². The van der Waals surface area contributed by atoms with Gasteiger partial charge in [0.05, 0.1) is 0 Å². The molecule has 1 atom stereocenters. The third-order valence-electron chi connectivity index (χ3n) is 2.48. The first-order chi connectivity index (χ1) is 9.04. The maximum atomic E-state index is 13.3. The van der Waals surface area contributed by atoms with Gasteiger partial charge < -0.3 is 10.6 Å². The second-order valence-corrected chi connectivity index (χ2v) is 4.04. The Balaban J connectivity index is 2.47. The van der Waals surface area contributed by atoms with Gasteiger partial charge in [-0.25, -0.2) is 4.39 Å². The molecule has 19 heavy (non-hydrogen) atoms. The number of rotatable bonds is 5. The van der Waals surface area contributed by atoms with Crippen LogP contribution in [0.2, 0.25) is 0 Å². The van der Waals surface area contributed by atoms with E-state index in [0.717, 1.165) is 0 Å². The first-order valence-electron chi connectivity index (χ1n) is 5.99. The summed E-state index contributed by atoms with van der Waals surface area (Å²) in [6, 6.07) is 5.54. The number of allylic oxidation sites excluding steroid dienone is 1. The predicted octanol–water partition coefficient (Wildman–Crippen LogP) is 1.52. The molecule has 4 nitrogen and oxygen atoms in total. The minimum absolute atomic E-state index is 0.0926. The van der Waals surface area contributed by atoms with Crippen molar-refractivity contribution in [3.05, 3.63) is 47.8 Å². The lowest BCUT2D eigenvalue weighted by molar-refractivity contribution is -0.126. The summed E-state index contributed by atoms with van der Waals surface area (Å²) in [5.74, 6) is -1.06. The van der Waals surface area contributed by atoms with E-state index in [4.69, 9.17) is 0 Å². The molecule has 1 rings (SSSR count). The molecule has 0 aliphatic rings. The summed E-state index contributed by atoms with van der Waals surface area (Å²) < 4.78 is 13.3. The number of benzene rings is 1. The number of amides is 2. The molecule has 0 saturated carbocycles. The van der Waals surface area contributed by atoms with Crippen LogP contribution in [0.4, 0.5) is 4.39 Å². The zero-order chi connectivity index (χ0) is 14.3. The average Bonchev–Trinajstić information content (AvgIpc) is 2.37. The van der Waals surface area contributed by atoms with Gasteiger partial charge in [0.1, 0.15) is 11.9 Å². The zero-order valence-corrected chi connectivity index (χ0v) is 10.9. The van der Waals surface area contributed by atoms with Crippen LogP contribution in [0.3, 0.4) is 0 Å². The van der Waals surface area contributed by atoms with Gasteiger partial charge in [0.15, 0.2) is 0 Å². The molecule has 0 radical (unpaired) electrons. The Labute approximate surface area is 111 Å². The van der Waals surface area contributed by atoms with E-state index in [9.17, 15) is 14.0 Å². The van der Waals surface area contributed by atoms with Crippen molar-refractivity contribution in [3.63, 3.8) is 0 Å². The van der Waals surface area contributed by atoms with Crippen molar-refractivity contribution >= 4 is 11.8 Å². The van der Waals surface area contributed by atoms with Crippen LogP contribution in [0.5, 0.6) is 0 Å².